The minimum absolute atomic E-state index is 0.335. The van der Waals surface area contributed by atoms with Crippen molar-refractivity contribution in [3.63, 3.8) is 0 Å². The van der Waals surface area contributed by atoms with Crippen molar-refractivity contribution in [2.45, 2.75) is 13.8 Å². The van der Waals surface area contributed by atoms with Crippen molar-refractivity contribution in [1.29, 1.82) is 0 Å². The molecular weight excluding hydrogens is 321 g/mol. The predicted molar refractivity (Wildman–Crippen MR) is 91.3 cm³/mol. The topological polar surface area (TPSA) is 85.2 Å². The molecule has 0 fully saturated rings. The van der Waals surface area contributed by atoms with E-state index in [2.05, 4.69) is 30.4 Å². The summed E-state index contributed by atoms with van der Waals surface area (Å²) in [6, 6.07) is 8.20. The number of H-pyrrole nitrogens is 1. The largest absolute Gasteiger partial charge is 0.342 e. The van der Waals surface area contributed by atoms with Gasteiger partial charge in [-0.1, -0.05) is 19.9 Å². The highest BCUT2D eigenvalue weighted by Crippen LogP contribution is 2.22. The number of pyridine rings is 1. The molecule has 0 spiro atoms. The van der Waals surface area contributed by atoms with E-state index in [0.717, 1.165) is 5.56 Å². The van der Waals surface area contributed by atoms with Gasteiger partial charge in [-0.3, -0.25) is 4.98 Å². The molecular formula is C17H16FN7. The van der Waals surface area contributed by atoms with E-state index in [1.165, 1.54) is 16.9 Å². The number of imidazole rings is 1. The number of benzene rings is 1. The molecule has 1 N–H and O–H groups in total. The van der Waals surface area contributed by atoms with Crippen molar-refractivity contribution in [2.24, 2.45) is 0 Å². The maximum atomic E-state index is 14.0. The summed E-state index contributed by atoms with van der Waals surface area (Å²) in [4.78, 5) is 12.3. The van der Waals surface area contributed by atoms with Gasteiger partial charge in [0.25, 0.3) is 0 Å². The molecule has 0 aliphatic rings. The number of aromatic amines is 1. The first kappa shape index (κ1) is 16.4. The third-order valence-electron chi connectivity index (χ3n) is 3.23. The molecule has 0 amide bonds. The van der Waals surface area contributed by atoms with E-state index in [9.17, 15) is 4.39 Å². The van der Waals surface area contributed by atoms with Crippen LogP contribution < -0.4 is 0 Å². The number of tetrazole rings is 1. The number of hydrogen-bond acceptors (Lipinski definition) is 5. The first-order valence-electron chi connectivity index (χ1n) is 7.81. The fourth-order valence-corrected chi connectivity index (χ4v) is 2.20. The van der Waals surface area contributed by atoms with E-state index >= 15 is 0 Å². The molecule has 0 saturated heterocycles. The molecule has 0 saturated carbocycles. The van der Waals surface area contributed by atoms with Crippen molar-refractivity contribution in [1.82, 2.24) is 35.2 Å². The highest BCUT2D eigenvalue weighted by atomic mass is 19.1. The second kappa shape index (κ2) is 7.43. The van der Waals surface area contributed by atoms with Crippen LogP contribution >= 0.6 is 0 Å². The quantitative estimate of drug-likeness (QED) is 0.620. The zero-order valence-corrected chi connectivity index (χ0v) is 13.8. The van der Waals surface area contributed by atoms with Gasteiger partial charge in [0, 0.05) is 36.4 Å². The second-order valence-corrected chi connectivity index (χ2v) is 4.78. The van der Waals surface area contributed by atoms with Gasteiger partial charge in [-0.25, -0.2) is 9.37 Å². The van der Waals surface area contributed by atoms with Crippen molar-refractivity contribution >= 4 is 0 Å². The Morgan fingerprint density at radius 3 is 2.68 bits per heavy atom. The lowest BCUT2D eigenvalue weighted by Crippen LogP contribution is -2.00. The lowest BCUT2D eigenvalue weighted by atomic mass is 10.1. The Kier molecular flexibility index (Phi) is 4.89. The summed E-state index contributed by atoms with van der Waals surface area (Å²) in [5.41, 5.74) is 1.96. The van der Waals surface area contributed by atoms with Gasteiger partial charge in [-0.15, -0.1) is 15.0 Å². The molecule has 0 aliphatic heterocycles. The molecule has 3 heterocycles. The Balaban J connectivity index is 0.000000880. The van der Waals surface area contributed by atoms with Crippen molar-refractivity contribution in [3.8, 4) is 28.5 Å². The van der Waals surface area contributed by atoms with Crippen molar-refractivity contribution in [3.05, 3.63) is 60.9 Å². The van der Waals surface area contributed by atoms with E-state index in [0.29, 0.717) is 22.9 Å². The summed E-state index contributed by atoms with van der Waals surface area (Å²) in [6.07, 6.45) is 6.59. The number of nitrogens with zero attached hydrogens (tertiary/aromatic N) is 6. The zero-order chi connectivity index (χ0) is 17.6. The summed E-state index contributed by atoms with van der Waals surface area (Å²) >= 11 is 0. The number of halogens is 1. The van der Waals surface area contributed by atoms with Crippen LogP contribution in [0.25, 0.3) is 28.5 Å². The van der Waals surface area contributed by atoms with Crippen LogP contribution in [0.5, 0.6) is 0 Å². The van der Waals surface area contributed by atoms with Gasteiger partial charge in [0.2, 0.25) is 5.82 Å². The molecule has 1 aromatic carbocycles. The number of nitrogens with one attached hydrogen (secondary N) is 1. The normalized spacial score (nSPS) is 10.2. The molecule has 126 valence electrons. The predicted octanol–water partition coefficient (Wildman–Crippen LogP) is 3.28. The van der Waals surface area contributed by atoms with E-state index in [4.69, 9.17) is 0 Å². The van der Waals surface area contributed by atoms with Crippen LogP contribution in [-0.2, 0) is 0 Å². The minimum Gasteiger partial charge on any atom is -0.342 e. The van der Waals surface area contributed by atoms with Gasteiger partial charge in [0.15, 0.2) is 5.82 Å². The SMILES string of the molecule is CC.Fc1cc(-c2cccnc2)cc(-n2nnc(-c3ncc[nH]3)n2)c1. The fourth-order valence-electron chi connectivity index (χ4n) is 2.20. The minimum atomic E-state index is -0.391. The molecule has 0 bridgehead atoms. The van der Waals surface area contributed by atoms with Crippen LogP contribution in [0.15, 0.2) is 55.1 Å². The van der Waals surface area contributed by atoms with Gasteiger partial charge in [0.1, 0.15) is 5.82 Å². The Hall–Kier alpha value is -3.42. The fraction of sp³-hybridized carbons (Fsp3) is 0.118. The van der Waals surface area contributed by atoms with E-state index in [1.807, 2.05) is 19.9 Å². The molecule has 0 radical (unpaired) electrons. The maximum absolute atomic E-state index is 14.0. The summed E-state index contributed by atoms with van der Waals surface area (Å²) in [7, 11) is 0. The first-order valence-corrected chi connectivity index (χ1v) is 7.81. The van der Waals surface area contributed by atoms with Crippen LogP contribution in [0.2, 0.25) is 0 Å². The summed E-state index contributed by atoms with van der Waals surface area (Å²) in [5, 5.41) is 12.1. The molecule has 0 unspecified atom stereocenters. The Morgan fingerprint density at radius 2 is 1.96 bits per heavy atom. The van der Waals surface area contributed by atoms with E-state index in [1.54, 1.807) is 36.9 Å². The lowest BCUT2D eigenvalue weighted by Gasteiger charge is -2.04. The molecule has 3 aromatic heterocycles. The average molecular weight is 337 g/mol. The smallest absolute Gasteiger partial charge is 0.240 e. The first-order chi connectivity index (χ1) is 12.3. The van der Waals surface area contributed by atoms with Gasteiger partial charge in [0.05, 0.1) is 5.69 Å². The highest BCUT2D eigenvalue weighted by molar-refractivity contribution is 5.65. The molecule has 25 heavy (non-hydrogen) atoms. The van der Waals surface area contributed by atoms with E-state index < -0.39 is 5.82 Å². The summed E-state index contributed by atoms with van der Waals surface area (Å²) < 4.78 is 14.0. The molecule has 8 heteroatoms. The number of rotatable bonds is 3. The Labute approximate surface area is 143 Å². The Bertz CT molecular complexity index is 933. The summed E-state index contributed by atoms with van der Waals surface area (Å²) in [5.74, 6) is 0.445. The van der Waals surface area contributed by atoms with Crippen molar-refractivity contribution < 1.29 is 4.39 Å². The third-order valence-corrected chi connectivity index (χ3v) is 3.23. The van der Waals surface area contributed by atoms with Crippen LogP contribution in [-0.4, -0.2) is 35.2 Å². The molecule has 0 atom stereocenters. The van der Waals surface area contributed by atoms with Crippen molar-refractivity contribution in [2.75, 3.05) is 0 Å². The van der Waals surface area contributed by atoms with Crippen LogP contribution in [0.3, 0.4) is 0 Å². The van der Waals surface area contributed by atoms with Gasteiger partial charge in [-0.2, -0.15) is 0 Å². The van der Waals surface area contributed by atoms with Gasteiger partial charge < -0.3 is 4.98 Å². The van der Waals surface area contributed by atoms with Crippen LogP contribution in [0.1, 0.15) is 13.8 Å². The van der Waals surface area contributed by atoms with Gasteiger partial charge >= 0.3 is 0 Å². The monoisotopic (exact) mass is 337 g/mol. The van der Waals surface area contributed by atoms with E-state index in [-0.39, 0.29) is 0 Å². The average Bonchev–Trinajstić information content (AvgIpc) is 3.35. The van der Waals surface area contributed by atoms with Crippen LogP contribution in [0.4, 0.5) is 4.39 Å². The second-order valence-electron chi connectivity index (χ2n) is 4.78. The standard InChI is InChI=1S/C15H10FN7.C2H6/c16-12-6-11(10-2-1-3-17-9-10)7-13(8-12)23-21-15(20-22-23)14-18-4-5-19-14;1-2/h1-9H,(H,18,19);1-2H3. The summed E-state index contributed by atoms with van der Waals surface area (Å²) in [6.45, 7) is 4.00. The number of aromatic nitrogens is 7. The van der Waals surface area contributed by atoms with Crippen LogP contribution in [0, 0.1) is 5.82 Å². The molecule has 0 aliphatic carbocycles. The third kappa shape index (κ3) is 3.57. The maximum Gasteiger partial charge on any atom is 0.240 e. The number of hydrogen-bond donors (Lipinski definition) is 1. The zero-order valence-electron chi connectivity index (χ0n) is 13.8. The Morgan fingerprint density at radius 1 is 1.08 bits per heavy atom. The molecule has 4 rings (SSSR count). The highest BCUT2D eigenvalue weighted by Gasteiger charge is 2.11. The molecule has 4 aromatic rings. The molecule has 7 nitrogen and oxygen atoms in total. The van der Waals surface area contributed by atoms with Gasteiger partial charge in [-0.05, 0) is 29.0 Å². The lowest BCUT2D eigenvalue weighted by molar-refractivity contribution is 0.621.